The van der Waals surface area contributed by atoms with Crippen molar-refractivity contribution in [1.82, 2.24) is 9.97 Å². The Kier molecular flexibility index (Phi) is 4.09. The molecule has 1 unspecified atom stereocenters. The maximum atomic E-state index is 13.3. The minimum Gasteiger partial charge on any atom is -0.240 e. The lowest BCUT2D eigenvalue weighted by molar-refractivity contribution is 0.561. The van der Waals surface area contributed by atoms with Gasteiger partial charge in [0.15, 0.2) is 0 Å². The van der Waals surface area contributed by atoms with Gasteiger partial charge in [0.05, 0.1) is 11.8 Å². The molecular weight excluding hydrogens is 253 g/mol. The lowest BCUT2D eigenvalue weighted by Gasteiger charge is -2.12. The second-order valence-electron chi connectivity index (χ2n) is 5.11. The SMILES string of the molecule is Cc1cc(-c2ccnc(C(C#N)C(C)C)n2)ccc1F. The van der Waals surface area contributed by atoms with Gasteiger partial charge in [0.1, 0.15) is 17.6 Å². The number of nitrogens with zero attached hydrogens (tertiary/aromatic N) is 3. The van der Waals surface area contributed by atoms with Crippen LogP contribution in [0.4, 0.5) is 4.39 Å². The van der Waals surface area contributed by atoms with Gasteiger partial charge in [-0.2, -0.15) is 5.26 Å². The quantitative estimate of drug-likeness (QED) is 0.850. The van der Waals surface area contributed by atoms with Crippen LogP contribution in [0.25, 0.3) is 11.3 Å². The molecule has 0 fully saturated rings. The zero-order valence-electron chi connectivity index (χ0n) is 11.8. The number of hydrogen-bond acceptors (Lipinski definition) is 3. The van der Waals surface area contributed by atoms with Crippen LogP contribution in [0.1, 0.15) is 31.2 Å². The summed E-state index contributed by atoms with van der Waals surface area (Å²) in [4.78, 5) is 8.64. The Morgan fingerprint density at radius 1 is 1.25 bits per heavy atom. The first kappa shape index (κ1) is 14.1. The maximum absolute atomic E-state index is 13.3. The average Bonchev–Trinajstić information content (AvgIpc) is 2.42. The number of benzene rings is 1. The van der Waals surface area contributed by atoms with E-state index in [1.54, 1.807) is 31.3 Å². The van der Waals surface area contributed by atoms with Crippen molar-refractivity contribution in [3.8, 4) is 17.3 Å². The lowest BCUT2D eigenvalue weighted by atomic mass is 9.96. The first-order chi connectivity index (χ1) is 9.52. The third-order valence-corrected chi connectivity index (χ3v) is 3.21. The van der Waals surface area contributed by atoms with Crippen LogP contribution in [0.5, 0.6) is 0 Å². The number of aromatic nitrogens is 2. The molecule has 0 amide bonds. The summed E-state index contributed by atoms with van der Waals surface area (Å²) in [5, 5.41) is 9.21. The van der Waals surface area contributed by atoms with Gasteiger partial charge >= 0.3 is 0 Å². The molecule has 4 heteroatoms. The van der Waals surface area contributed by atoms with E-state index < -0.39 is 0 Å². The second kappa shape index (κ2) is 5.79. The lowest BCUT2D eigenvalue weighted by Crippen LogP contribution is -2.09. The molecule has 0 bridgehead atoms. The number of rotatable bonds is 3. The minimum atomic E-state index is -0.337. The fourth-order valence-electron chi connectivity index (χ4n) is 1.99. The van der Waals surface area contributed by atoms with Gasteiger partial charge in [-0.05, 0) is 42.7 Å². The molecule has 102 valence electrons. The van der Waals surface area contributed by atoms with Gasteiger partial charge in [0, 0.05) is 11.8 Å². The van der Waals surface area contributed by atoms with Crippen LogP contribution in [0.15, 0.2) is 30.5 Å². The van der Waals surface area contributed by atoms with Crippen molar-refractivity contribution in [1.29, 1.82) is 5.26 Å². The highest BCUT2D eigenvalue weighted by Crippen LogP contribution is 2.24. The van der Waals surface area contributed by atoms with Crippen LogP contribution < -0.4 is 0 Å². The van der Waals surface area contributed by atoms with Crippen LogP contribution in [0.2, 0.25) is 0 Å². The van der Waals surface area contributed by atoms with E-state index in [1.807, 2.05) is 13.8 Å². The van der Waals surface area contributed by atoms with Gasteiger partial charge < -0.3 is 0 Å². The third kappa shape index (κ3) is 2.83. The Hall–Kier alpha value is -2.28. The van der Waals surface area contributed by atoms with E-state index in [4.69, 9.17) is 0 Å². The molecule has 0 saturated heterocycles. The molecule has 20 heavy (non-hydrogen) atoms. The van der Waals surface area contributed by atoms with Crippen molar-refractivity contribution in [3.63, 3.8) is 0 Å². The number of halogens is 1. The molecule has 1 aromatic carbocycles. The topological polar surface area (TPSA) is 49.6 Å². The smallest absolute Gasteiger partial charge is 0.146 e. The normalized spacial score (nSPS) is 12.2. The van der Waals surface area contributed by atoms with Crippen molar-refractivity contribution in [2.45, 2.75) is 26.7 Å². The molecule has 0 saturated carbocycles. The fourth-order valence-corrected chi connectivity index (χ4v) is 1.99. The van der Waals surface area contributed by atoms with E-state index in [-0.39, 0.29) is 17.7 Å². The Bertz CT molecular complexity index is 659. The van der Waals surface area contributed by atoms with E-state index >= 15 is 0 Å². The Morgan fingerprint density at radius 2 is 2.00 bits per heavy atom. The molecule has 0 N–H and O–H groups in total. The molecule has 3 nitrogen and oxygen atoms in total. The van der Waals surface area contributed by atoms with Crippen molar-refractivity contribution in [2.75, 3.05) is 0 Å². The highest BCUT2D eigenvalue weighted by molar-refractivity contribution is 5.59. The zero-order valence-corrected chi connectivity index (χ0v) is 11.8. The molecular formula is C16H16FN3. The van der Waals surface area contributed by atoms with E-state index in [1.165, 1.54) is 6.07 Å². The van der Waals surface area contributed by atoms with Gasteiger partial charge in [-0.3, -0.25) is 0 Å². The predicted octanol–water partition coefficient (Wildman–Crippen LogP) is 3.85. The van der Waals surface area contributed by atoms with Crippen molar-refractivity contribution >= 4 is 0 Å². The molecule has 0 spiro atoms. The standard InChI is InChI=1S/C16H16FN3/c1-10(2)13(9-18)16-19-7-6-15(20-16)12-4-5-14(17)11(3)8-12/h4-8,10,13H,1-3H3. The monoisotopic (exact) mass is 269 g/mol. The molecule has 0 aliphatic heterocycles. The predicted molar refractivity (Wildman–Crippen MR) is 75.4 cm³/mol. The number of aryl methyl sites for hydroxylation is 1. The fraction of sp³-hybridized carbons (Fsp3) is 0.312. The molecule has 2 rings (SSSR count). The molecule has 1 aromatic heterocycles. The zero-order chi connectivity index (χ0) is 14.7. The highest BCUT2D eigenvalue weighted by Gasteiger charge is 2.18. The summed E-state index contributed by atoms with van der Waals surface area (Å²) in [6.07, 6.45) is 1.64. The van der Waals surface area contributed by atoms with Crippen LogP contribution >= 0.6 is 0 Å². The largest absolute Gasteiger partial charge is 0.240 e. The first-order valence-corrected chi connectivity index (χ1v) is 6.52. The van der Waals surface area contributed by atoms with Crippen LogP contribution in [0.3, 0.4) is 0 Å². The number of nitriles is 1. The van der Waals surface area contributed by atoms with Crippen LogP contribution in [0, 0.1) is 30.0 Å². The summed E-state index contributed by atoms with van der Waals surface area (Å²) in [5.74, 6) is 0.0868. The summed E-state index contributed by atoms with van der Waals surface area (Å²) in [7, 11) is 0. The van der Waals surface area contributed by atoms with Crippen molar-refractivity contribution < 1.29 is 4.39 Å². The number of hydrogen-bond donors (Lipinski definition) is 0. The van der Waals surface area contributed by atoms with Gasteiger partial charge in [-0.25, -0.2) is 14.4 Å². The van der Waals surface area contributed by atoms with Crippen LogP contribution in [-0.2, 0) is 0 Å². The third-order valence-electron chi connectivity index (χ3n) is 3.21. The summed E-state index contributed by atoms with van der Waals surface area (Å²) in [6.45, 7) is 5.64. The molecule has 0 aliphatic carbocycles. The Balaban J connectivity index is 2.44. The van der Waals surface area contributed by atoms with Gasteiger partial charge in [-0.15, -0.1) is 0 Å². The summed E-state index contributed by atoms with van der Waals surface area (Å²) >= 11 is 0. The molecule has 2 aromatic rings. The summed E-state index contributed by atoms with van der Waals surface area (Å²) in [6, 6.07) is 8.86. The van der Waals surface area contributed by atoms with Gasteiger partial charge in [-0.1, -0.05) is 13.8 Å². The highest BCUT2D eigenvalue weighted by atomic mass is 19.1. The van der Waals surface area contributed by atoms with Gasteiger partial charge in [0.25, 0.3) is 0 Å². The van der Waals surface area contributed by atoms with E-state index in [0.717, 1.165) is 5.56 Å². The first-order valence-electron chi connectivity index (χ1n) is 6.52. The maximum Gasteiger partial charge on any atom is 0.146 e. The molecule has 0 radical (unpaired) electrons. The molecule has 0 aliphatic rings. The Labute approximate surface area is 118 Å². The van der Waals surface area contributed by atoms with Crippen molar-refractivity contribution in [3.05, 3.63) is 47.7 Å². The van der Waals surface area contributed by atoms with Crippen LogP contribution in [-0.4, -0.2) is 9.97 Å². The molecule has 1 heterocycles. The van der Waals surface area contributed by atoms with E-state index in [2.05, 4.69) is 16.0 Å². The summed E-state index contributed by atoms with van der Waals surface area (Å²) in [5.41, 5.74) is 2.11. The van der Waals surface area contributed by atoms with Gasteiger partial charge in [0.2, 0.25) is 0 Å². The average molecular weight is 269 g/mol. The van der Waals surface area contributed by atoms with Crippen molar-refractivity contribution in [2.24, 2.45) is 5.92 Å². The molecule has 1 atom stereocenters. The second-order valence-corrected chi connectivity index (χ2v) is 5.11. The van der Waals surface area contributed by atoms with E-state index in [0.29, 0.717) is 17.1 Å². The minimum absolute atomic E-state index is 0.144. The Morgan fingerprint density at radius 3 is 2.60 bits per heavy atom. The van der Waals surface area contributed by atoms with E-state index in [9.17, 15) is 9.65 Å². The summed E-state index contributed by atoms with van der Waals surface area (Å²) < 4.78 is 13.3.